The number of aliphatic hydroxyl groups excluding tert-OH is 1. The van der Waals surface area contributed by atoms with Crippen molar-refractivity contribution < 1.29 is 9.84 Å². The number of anilines is 1. The number of fused-ring (bicyclic) bond motifs is 1. The number of benzene rings is 1. The third kappa shape index (κ3) is 4.02. The van der Waals surface area contributed by atoms with Crippen molar-refractivity contribution in [3.63, 3.8) is 0 Å². The summed E-state index contributed by atoms with van der Waals surface area (Å²) < 4.78 is 5.24. The molecule has 1 aromatic carbocycles. The van der Waals surface area contributed by atoms with Crippen LogP contribution in [0.15, 0.2) is 24.3 Å². The summed E-state index contributed by atoms with van der Waals surface area (Å²) >= 11 is 1.82. The minimum atomic E-state index is 0.238. The van der Waals surface area contributed by atoms with Gasteiger partial charge >= 0.3 is 0 Å². The Morgan fingerprint density at radius 2 is 2.19 bits per heavy atom. The standard InChI is InChI=1S/C16H22N2O2S/c1-11(8-19)9-21-10-13-6-12-4-5-14(20-3)7-15(12)18-16(13)17-2/h4-7,11,19H,8-10H2,1-3H3,(H,17,18). The summed E-state index contributed by atoms with van der Waals surface area (Å²) in [7, 11) is 3.55. The Morgan fingerprint density at radius 3 is 2.86 bits per heavy atom. The molecule has 0 aliphatic carbocycles. The number of thioether (sulfide) groups is 1. The van der Waals surface area contributed by atoms with Gasteiger partial charge in [0.1, 0.15) is 11.6 Å². The predicted octanol–water partition coefficient (Wildman–Crippen LogP) is 3.15. The summed E-state index contributed by atoms with van der Waals surface area (Å²) in [6, 6.07) is 8.10. The highest BCUT2D eigenvalue weighted by Crippen LogP contribution is 2.27. The quantitative estimate of drug-likeness (QED) is 0.823. The molecule has 0 saturated carbocycles. The van der Waals surface area contributed by atoms with Crippen LogP contribution in [-0.2, 0) is 5.75 Å². The zero-order valence-corrected chi connectivity index (χ0v) is 13.5. The molecule has 1 aromatic heterocycles. The van der Waals surface area contributed by atoms with E-state index in [0.29, 0.717) is 5.92 Å². The van der Waals surface area contributed by atoms with Gasteiger partial charge in [-0.1, -0.05) is 6.92 Å². The van der Waals surface area contributed by atoms with Crippen molar-refractivity contribution in [3.05, 3.63) is 29.8 Å². The van der Waals surface area contributed by atoms with E-state index in [4.69, 9.17) is 9.84 Å². The SMILES string of the molecule is CNc1nc2cc(OC)ccc2cc1CSCC(C)CO. The molecule has 0 amide bonds. The van der Waals surface area contributed by atoms with Gasteiger partial charge in [0.25, 0.3) is 0 Å². The van der Waals surface area contributed by atoms with Gasteiger partial charge in [-0.05, 0) is 29.9 Å². The number of methoxy groups -OCH3 is 1. The number of aliphatic hydroxyl groups is 1. The van der Waals surface area contributed by atoms with Crippen molar-refractivity contribution in [1.29, 1.82) is 0 Å². The summed E-state index contributed by atoms with van der Waals surface area (Å²) in [5, 5.41) is 13.3. The van der Waals surface area contributed by atoms with Crippen LogP contribution in [-0.4, -0.2) is 36.6 Å². The van der Waals surface area contributed by atoms with Gasteiger partial charge in [0, 0.05) is 36.4 Å². The lowest BCUT2D eigenvalue weighted by Gasteiger charge is -2.12. The number of nitrogens with zero attached hydrogens (tertiary/aromatic N) is 1. The van der Waals surface area contributed by atoms with E-state index in [-0.39, 0.29) is 6.61 Å². The molecule has 1 unspecified atom stereocenters. The maximum absolute atomic E-state index is 9.07. The average molecular weight is 306 g/mol. The zero-order valence-electron chi connectivity index (χ0n) is 12.7. The van der Waals surface area contributed by atoms with Crippen LogP contribution in [0.2, 0.25) is 0 Å². The van der Waals surface area contributed by atoms with Crippen LogP contribution >= 0.6 is 11.8 Å². The van der Waals surface area contributed by atoms with Gasteiger partial charge in [-0.2, -0.15) is 11.8 Å². The largest absolute Gasteiger partial charge is 0.497 e. The Balaban J connectivity index is 2.22. The molecule has 2 N–H and O–H groups in total. The molecular formula is C16H22N2O2S. The highest BCUT2D eigenvalue weighted by atomic mass is 32.2. The molecule has 0 aliphatic heterocycles. The fourth-order valence-corrected chi connectivity index (χ4v) is 3.13. The second kappa shape index (κ2) is 7.52. The minimum absolute atomic E-state index is 0.238. The molecule has 5 heteroatoms. The molecule has 0 bridgehead atoms. The van der Waals surface area contributed by atoms with Gasteiger partial charge in [-0.15, -0.1) is 0 Å². The molecule has 0 fully saturated rings. The van der Waals surface area contributed by atoms with E-state index in [1.807, 2.05) is 37.0 Å². The molecule has 0 aliphatic rings. The van der Waals surface area contributed by atoms with Gasteiger partial charge in [0.15, 0.2) is 0 Å². The van der Waals surface area contributed by atoms with Gasteiger partial charge in [-0.25, -0.2) is 4.98 Å². The second-order valence-electron chi connectivity index (χ2n) is 5.11. The van der Waals surface area contributed by atoms with E-state index in [0.717, 1.165) is 34.0 Å². The Labute approximate surface area is 129 Å². The van der Waals surface area contributed by atoms with Crippen molar-refractivity contribution in [2.24, 2.45) is 5.92 Å². The van der Waals surface area contributed by atoms with Crippen molar-refractivity contribution in [3.8, 4) is 5.75 Å². The van der Waals surface area contributed by atoms with Crippen molar-refractivity contribution in [2.75, 3.05) is 31.8 Å². The molecule has 0 spiro atoms. The Morgan fingerprint density at radius 1 is 1.38 bits per heavy atom. The highest BCUT2D eigenvalue weighted by molar-refractivity contribution is 7.98. The lowest BCUT2D eigenvalue weighted by Crippen LogP contribution is -2.04. The maximum Gasteiger partial charge on any atom is 0.130 e. The first kappa shape index (κ1) is 15.9. The van der Waals surface area contributed by atoms with Crippen LogP contribution in [0.1, 0.15) is 12.5 Å². The number of pyridine rings is 1. The molecule has 1 heterocycles. The molecule has 0 radical (unpaired) electrons. The molecule has 2 rings (SSSR count). The number of hydrogen-bond acceptors (Lipinski definition) is 5. The molecule has 21 heavy (non-hydrogen) atoms. The van der Waals surface area contributed by atoms with Crippen molar-refractivity contribution in [1.82, 2.24) is 4.98 Å². The Bertz CT molecular complexity index is 604. The number of aromatic nitrogens is 1. The topological polar surface area (TPSA) is 54.4 Å². The van der Waals surface area contributed by atoms with Crippen LogP contribution in [0.25, 0.3) is 10.9 Å². The molecule has 0 saturated heterocycles. The Kier molecular flexibility index (Phi) is 5.70. The van der Waals surface area contributed by atoms with E-state index in [2.05, 4.69) is 23.3 Å². The summed E-state index contributed by atoms with van der Waals surface area (Å²) in [5.74, 6) is 3.87. The lowest BCUT2D eigenvalue weighted by atomic mass is 10.1. The zero-order chi connectivity index (χ0) is 15.2. The van der Waals surface area contributed by atoms with Crippen LogP contribution in [0.4, 0.5) is 5.82 Å². The minimum Gasteiger partial charge on any atom is -0.497 e. The third-order valence-electron chi connectivity index (χ3n) is 3.31. The monoisotopic (exact) mass is 306 g/mol. The van der Waals surface area contributed by atoms with Crippen LogP contribution < -0.4 is 10.1 Å². The van der Waals surface area contributed by atoms with E-state index in [9.17, 15) is 0 Å². The van der Waals surface area contributed by atoms with Crippen LogP contribution in [0, 0.1) is 5.92 Å². The molecule has 2 aromatic rings. The number of rotatable bonds is 7. The maximum atomic E-state index is 9.07. The fourth-order valence-electron chi connectivity index (χ4n) is 2.07. The van der Waals surface area contributed by atoms with E-state index >= 15 is 0 Å². The normalized spacial score (nSPS) is 12.4. The van der Waals surface area contributed by atoms with Gasteiger partial charge in [0.2, 0.25) is 0 Å². The van der Waals surface area contributed by atoms with Gasteiger partial charge < -0.3 is 15.2 Å². The second-order valence-corrected chi connectivity index (χ2v) is 6.14. The number of nitrogens with one attached hydrogen (secondary N) is 1. The van der Waals surface area contributed by atoms with Crippen LogP contribution in [0.5, 0.6) is 5.75 Å². The summed E-state index contributed by atoms with van der Waals surface area (Å²) in [6.45, 7) is 2.29. The summed E-state index contributed by atoms with van der Waals surface area (Å²) in [4.78, 5) is 4.67. The fraction of sp³-hybridized carbons (Fsp3) is 0.438. The van der Waals surface area contributed by atoms with Crippen molar-refractivity contribution in [2.45, 2.75) is 12.7 Å². The molecule has 1 atom stereocenters. The van der Waals surface area contributed by atoms with Gasteiger partial charge in [0.05, 0.1) is 12.6 Å². The first-order valence-corrected chi connectivity index (χ1v) is 8.17. The van der Waals surface area contributed by atoms with E-state index in [1.54, 1.807) is 7.11 Å². The van der Waals surface area contributed by atoms with Gasteiger partial charge in [-0.3, -0.25) is 0 Å². The van der Waals surface area contributed by atoms with Crippen molar-refractivity contribution >= 4 is 28.5 Å². The van der Waals surface area contributed by atoms with E-state index < -0.39 is 0 Å². The predicted molar refractivity (Wildman–Crippen MR) is 90.3 cm³/mol. The number of hydrogen-bond donors (Lipinski definition) is 2. The van der Waals surface area contributed by atoms with E-state index in [1.165, 1.54) is 5.56 Å². The first-order valence-electron chi connectivity index (χ1n) is 7.02. The smallest absolute Gasteiger partial charge is 0.130 e. The average Bonchev–Trinajstić information content (AvgIpc) is 2.53. The molecular weight excluding hydrogens is 284 g/mol. The Hall–Kier alpha value is -1.46. The first-order chi connectivity index (χ1) is 10.2. The summed E-state index contributed by atoms with van der Waals surface area (Å²) in [6.07, 6.45) is 0. The number of ether oxygens (including phenoxy) is 1. The van der Waals surface area contributed by atoms with Crippen LogP contribution in [0.3, 0.4) is 0 Å². The lowest BCUT2D eigenvalue weighted by molar-refractivity contribution is 0.250. The molecule has 114 valence electrons. The third-order valence-corrected chi connectivity index (χ3v) is 4.63. The molecule has 4 nitrogen and oxygen atoms in total. The highest BCUT2D eigenvalue weighted by Gasteiger charge is 2.08. The summed E-state index contributed by atoms with van der Waals surface area (Å²) in [5.41, 5.74) is 2.11.